The average Bonchev–Trinajstić information content (AvgIpc) is 2.96. The summed E-state index contributed by atoms with van der Waals surface area (Å²) < 4.78 is 23.1. The summed E-state index contributed by atoms with van der Waals surface area (Å²) in [7, 11) is -3.87. The molecule has 7 nitrogen and oxygen atoms in total. The van der Waals surface area contributed by atoms with Gasteiger partial charge in [-0.15, -0.1) is 0 Å². The van der Waals surface area contributed by atoms with Gasteiger partial charge in [0.1, 0.15) is 0 Å². The van der Waals surface area contributed by atoms with Crippen LogP contribution in [0.1, 0.15) is 35.2 Å². The van der Waals surface area contributed by atoms with Crippen molar-refractivity contribution in [3.63, 3.8) is 0 Å². The third-order valence-corrected chi connectivity index (χ3v) is 6.08. The van der Waals surface area contributed by atoms with E-state index in [0.29, 0.717) is 17.7 Å². The third kappa shape index (κ3) is 3.87. The molecular weight excluding hydrogens is 342 g/mol. The van der Waals surface area contributed by atoms with Crippen molar-refractivity contribution < 1.29 is 18.3 Å². The van der Waals surface area contributed by atoms with Crippen LogP contribution in [-0.4, -0.2) is 67.6 Å². The maximum Gasteiger partial charge on any atom is 0.254 e. The van der Waals surface area contributed by atoms with Crippen LogP contribution in [0.3, 0.4) is 0 Å². The lowest BCUT2D eigenvalue weighted by molar-refractivity contribution is 0.0702. The minimum Gasteiger partial charge on any atom is -0.390 e. The Kier molecular flexibility index (Phi) is 5.15. The van der Waals surface area contributed by atoms with Crippen LogP contribution >= 0.6 is 0 Å². The number of β-amino-alcohol motifs (C(OH)–C–C–N with tert-alkyl or cyclic N) is 1. The van der Waals surface area contributed by atoms with Gasteiger partial charge in [-0.1, -0.05) is 12.5 Å². The van der Waals surface area contributed by atoms with Gasteiger partial charge in [-0.25, -0.2) is 13.6 Å². The first-order valence-corrected chi connectivity index (χ1v) is 10.2. The minimum absolute atomic E-state index is 0.0500. The fraction of sp³-hybridized carbons (Fsp3) is 0.588. The van der Waals surface area contributed by atoms with Crippen LogP contribution in [0, 0.1) is 6.92 Å². The summed E-state index contributed by atoms with van der Waals surface area (Å²) in [4.78, 5) is 16.7. The molecule has 0 spiro atoms. The molecule has 2 aliphatic rings. The van der Waals surface area contributed by atoms with E-state index in [4.69, 9.17) is 5.14 Å². The van der Waals surface area contributed by atoms with Gasteiger partial charge in [-0.3, -0.25) is 9.69 Å². The summed E-state index contributed by atoms with van der Waals surface area (Å²) in [6.07, 6.45) is 2.87. The van der Waals surface area contributed by atoms with E-state index in [1.807, 2.05) is 0 Å². The zero-order valence-corrected chi connectivity index (χ0v) is 15.2. The standard InChI is InChI=1S/C17H25N3O4S/c1-12-5-6-13(25(18,23)24)9-14(12)17(22)20-10-15(16(21)11-20)19-7-3-2-4-8-19/h5-6,9,15-16,21H,2-4,7-8,10-11H2,1H3,(H2,18,23,24)/t15-,16-/m0/s1. The molecule has 2 heterocycles. The number of rotatable bonds is 3. The molecule has 0 bridgehead atoms. The van der Waals surface area contributed by atoms with Crippen molar-refractivity contribution in [2.45, 2.75) is 43.2 Å². The summed E-state index contributed by atoms with van der Waals surface area (Å²) >= 11 is 0. The fourth-order valence-corrected chi connectivity index (χ4v) is 4.26. The molecule has 1 aromatic rings. The molecule has 2 atom stereocenters. The van der Waals surface area contributed by atoms with Crippen molar-refractivity contribution in [1.82, 2.24) is 9.80 Å². The van der Waals surface area contributed by atoms with Crippen LogP contribution in [0.2, 0.25) is 0 Å². The number of aryl methyl sites for hydroxylation is 1. The Morgan fingerprint density at radius 3 is 2.52 bits per heavy atom. The highest BCUT2D eigenvalue weighted by Gasteiger charge is 2.38. The molecular formula is C17H25N3O4S. The molecule has 0 radical (unpaired) electrons. The van der Waals surface area contributed by atoms with Gasteiger partial charge >= 0.3 is 0 Å². The van der Waals surface area contributed by atoms with E-state index in [1.54, 1.807) is 17.9 Å². The Labute approximate surface area is 148 Å². The van der Waals surface area contributed by atoms with Crippen molar-refractivity contribution in [2.75, 3.05) is 26.2 Å². The molecule has 1 amide bonds. The number of piperidine rings is 1. The number of benzene rings is 1. The summed E-state index contributed by atoms with van der Waals surface area (Å²) in [6, 6.07) is 4.26. The van der Waals surface area contributed by atoms with E-state index in [-0.39, 0.29) is 23.4 Å². The van der Waals surface area contributed by atoms with Gasteiger partial charge in [0.25, 0.3) is 5.91 Å². The Bertz CT molecular complexity index is 759. The lowest BCUT2D eigenvalue weighted by Crippen LogP contribution is -2.46. The van der Waals surface area contributed by atoms with E-state index in [0.717, 1.165) is 25.9 Å². The Balaban J connectivity index is 1.80. The highest BCUT2D eigenvalue weighted by atomic mass is 32.2. The molecule has 2 aliphatic heterocycles. The van der Waals surface area contributed by atoms with Crippen LogP contribution < -0.4 is 5.14 Å². The predicted octanol–water partition coefficient (Wildman–Crippen LogP) is 0.314. The largest absolute Gasteiger partial charge is 0.390 e. The monoisotopic (exact) mass is 367 g/mol. The maximum absolute atomic E-state index is 12.9. The third-order valence-electron chi connectivity index (χ3n) is 5.17. The van der Waals surface area contributed by atoms with Gasteiger partial charge in [0.2, 0.25) is 10.0 Å². The lowest BCUT2D eigenvalue weighted by Gasteiger charge is -2.33. The molecule has 0 unspecified atom stereocenters. The normalized spacial score (nSPS) is 25.3. The number of likely N-dealkylation sites (tertiary alicyclic amines) is 2. The van der Waals surface area contributed by atoms with Crippen molar-refractivity contribution >= 4 is 15.9 Å². The molecule has 3 rings (SSSR count). The van der Waals surface area contributed by atoms with Gasteiger partial charge < -0.3 is 10.0 Å². The molecule has 2 saturated heterocycles. The summed E-state index contributed by atoms with van der Waals surface area (Å²) in [6.45, 7) is 4.38. The Morgan fingerprint density at radius 2 is 1.88 bits per heavy atom. The number of carbonyl (C=O) groups is 1. The van der Waals surface area contributed by atoms with Crippen molar-refractivity contribution in [2.24, 2.45) is 5.14 Å². The number of aliphatic hydroxyl groups excluding tert-OH is 1. The molecule has 138 valence electrons. The fourth-order valence-electron chi connectivity index (χ4n) is 3.72. The lowest BCUT2D eigenvalue weighted by atomic mass is 10.1. The topological polar surface area (TPSA) is 104 Å². The molecule has 1 aromatic carbocycles. The number of carbonyl (C=O) groups excluding carboxylic acids is 1. The second-order valence-corrected chi connectivity index (χ2v) is 8.52. The maximum atomic E-state index is 12.9. The number of amides is 1. The number of primary sulfonamides is 1. The molecule has 8 heteroatoms. The van der Waals surface area contributed by atoms with Gasteiger partial charge in [-0.05, 0) is 50.6 Å². The number of hydrogen-bond acceptors (Lipinski definition) is 5. The number of nitrogens with zero attached hydrogens (tertiary/aromatic N) is 2. The van der Waals surface area contributed by atoms with Crippen molar-refractivity contribution in [3.8, 4) is 0 Å². The van der Waals surface area contributed by atoms with Crippen LogP contribution in [0.25, 0.3) is 0 Å². The van der Waals surface area contributed by atoms with E-state index >= 15 is 0 Å². The van der Waals surface area contributed by atoms with Gasteiger partial charge in [0, 0.05) is 18.7 Å². The van der Waals surface area contributed by atoms with Crippen molar-refractivity contribution in [1.29, 1.82) is 0 Å². The number of nitrogens with two attached hydrogens (primary N) is 1. The second kappa shape index (κ2) is 7.03. The van der Waals surface area contributed by atoms with Crippen LogP contribution in [-0.2, 0) is 10.0 Å². The first-order chi connectivity index (χ1) is 11.8. The van der Waals surface area contributed by atoms with E-state index in [2.05, 4.69) is 4.90 Å². The highest BCUT2D eigenvalue weighted by molar-refractivity contribution is 7.89. The SMILES string of the molecule is Cc1ccc(S(N)(=O)=O)cc1C(=O)N1C[C@H](O)[C@@H](N2CCCCC2)C1. The molecule has 0 aromatic heterocycles. The van der Waals surface area contributed by atoms with E-state index in [9.17, 15) is 18.3 Å². The second-order valence-electron chi connectivity index (χ2n) is 6.96. The first kappa shape index (κ1) is 18.3. The zero-order chi connectivity index (χ0) is 18.2. The first-order valence-electron chi connectivity index (χ1n) is 8.62. The average molecular weight is 367 g/mol. The van der Waals surface area contributed by atoms with Crippen LogP contribution in [0.5, 0.6) is 0 Å². The van der Waals surface area contributed by atoms with Crippen molar-refractivity contribution in [3.05, 3.63) is 29.3 Å². The smallest absolute Gasteiger partial charge is 0.254 e. The van der Waals surface area contributed by atoms with Crippen LogP contribution in [0.15, 0.2) is 23.1 Å². The molecule has 0 aliphatic carbocycles. The number of hydrogen-bond donors (Lipinski definition) is 2. The minimum atomic E-state index is -3.87. The Morgan fingerprint density at radius 1 is 1.20 bits per heavy atom. The van der Waals surface area contributed by atoms with Gasteiger partial charge in [0.05, 0.1) is 17.0 Å². The van der Waals surface area contributed by atoms with Gasteiger partial charge in [-0.2, -0.15) is 0 Å². The molecule has 25 heavy (non-hydrogen) atoms. The Hall–Kier alpha value is -1.48. The number of sulfonamides is 1. The summed E-state index contributed by atoms with van der Waals surface area (Å²) in [5.74, 6) is -0.262. The van der Waals surface area contributed by atoms with E-state index < -0.39 is 16.1 Å². The highest BCUT2D eigenvalue weighted by Crippen LogP contribution is 2.24. The summed E-state index contributed by atoms with van der Waals surface area (Å²) in [5, 5.41) is 15.6. The quantitative estimate of drug-likeness (QED) is 0.800. The molecule has 3 N–H and O–H groups in total. The number of aliphatic hydroxyl groups is 1. The van der Waals surface area contributed by atoms with E-state index in [1.165, 1.54) is 18.6 Å². The zero-order valence-electron chi connectivity index (χ0n) is 14.4. The van der Waals surface area contributed by atoms with Crippen LogP contribution in [0.4, 0.5) is 0 Å². The van der Waals surface area contributed by atoms with Gasteiger partial charge in [0.15, 0.2) is 0 Å². The molecule has 2 fully saturated rings. The predicted molar refractivity (Wildman–Crippen MR) is 93.7 cm³/mol. The molecule has 0 saturated carbocycles. The summed E-state index contributed by atoms with van der Waals surface area (Å²) in [5.41, 5.74) is 1.01.